The van der Waals surface area contributed by atoms with Crippen LogP contribution in [-0.2, 0) is 21.3 Å². The number of ether oxygens (including phenoxy) is 1. The van der Waals surface area contributed by atoms with Gasteiger partial charge >= 0.3 is 6.03 Å². The lowest BCUT2D eigenvalue weighted by Gasteiger charge is -2.39. The molecular formula is C20H31FN4O4S. The van der Waals surface area contributed by atoms with Crippen molar-refractivity contribution in [3.8, 4) is 0 Å². The third kappa shape index (κ3) is 6.63. The van der Waals surface area contributed by atoms with E-state index in [1.165, 1.54) is 18.4 Å². The van der Waals surface area contributed by atoms with Crippen LogP contribution >= 0.6 is 0 Å². The lowest BCUT2D eigenvalue weighted by atomic mass is 10.1. The SMILES string of the molecule is CS(=O)(=O)N(CCN1CCOCC1)C1CCCN(C(=O)NCc2ccc(F)cc2)C1. The zero-order chi connectivity index (χ0) is 21.6. The van der Waals surface area contributed by atoms with Crippen LogP contribution in [0.1, 0.15) is 18.4 Å². The van der Waals surface area contributed by atoms with Gasteiger partial charge in [0.1, 0.15) is 5.82 Å². The molecule has 30 heavy (non-hydrogen) atoms. The van der Waals surface area contributed by atoms with E-state index in [4.69, 9.17) is 4.74 Å². The number of morpholine rings is 1. The summed E-state index contributed by atoms with van der Waals surface area (Å²) in [4.78, 5) is 16.5. The maximum atomic E-state index is 13.0. The first kappa shape index (κ1) is 22.9. The van der Waals surface area contributed by atoms with Gasteiger partial charge in [-0.2, -0.15) is 4.31 Å². The summed E-state index contributed by atoms with van der Waals surface area (Å²) in [6.45, 7) is 5.28. The fourth-order valence-electron chi connectivity index (χ4n) is 3.95. The fourth-order valence-corrected chi connectivity index (χ4v) is 5.08. The molecule has 3 rings (SSSR count). The predicted octanol–water partition coefficient (Wildman–Crippen LogP) is 1.09. The average molecular weight is 443 g/mol. The highest BCUT2D eigenvalue weighted by molar-refractivity contribution is 7.88. The second kappa shape index (κ2) is 10.5. The Bertz CT molecular complexity index is 800. The third-order valence-corrected chi connectivity index (χ3v) is 6.95. The standard InChI is InChI=1S/C20H31FN4O4S/c1-30(27,28)25(10-9-23-11-13-29-14-12-23)19-3-2-8-24(16-19)20(26)22-15-17-4-6-18(21)7-5-17/h4-7,19H,2-3,8-16H2,1H3,(H,22,26). The van der Waals surface area contributed by atoms with E-state index in [0.717, 1.165) is 31.5 Å². The van der Waals surface area contributed by atoms with Crippen LogP contribution in [0.25, 0.3) is 0 Å². The van der Waals surface area contributed by atoms with Crippen molar-refractivity contribution >= 4 is 16.1 Å². The van der Waals surface area contributed by atoms with Crippen LogP contribution in [0.4, 0.5) is 9.18 Å². The molecule has 2 amide bonds. The van der Waals surface area contributed by atoms with Gasteiger partial charge in [0.2, 0.25) is 10.0 Å². The number of halogens is 1. The van der Waals surface area contributed by atoms with Crippen LogP contribution in [0.3, 0.4) is 0 Å². The number of piperidine rings is 1. The summed E-state index contributed by atoms with van der Waals surface area (Å²) in [6, 6.07) is 5.52. The number of amides is 2. The van der Waals surface area contributed by atoms with Crippen LogP contribution in [0.2, 0.25) is 0 Å². The molecular weight excluding hydrogens is 411 g/mol. The van der Waals surface area contributed by atoms with Gasteiger partial charge in [-0.25, -0.2) is 17.6 Å². The molecule has 1 unspecified atom stereocenters. The van der Waals surface area contributed by atoms with E-state index in [2.05, 4.69) is 10.2 Å². The van der Waals surface area contributed by atoms with Crippen molar-refractivity contribution in [2.75, 3.05) is 58.7 Å². The number of benzene rings is 1. The zero-order valence-electron chi connectivity index (χ0n) is 17.4. The number of sulfonamides is 1. The Morgan fingerprint density at radius 3 is 2.60 bits per heavy atom. The topological polar surface area (TPSA) is 82.2 Å². The molecule has 2 saturated heterocycles. The van der Waals surface area contributed by atoms with Gasteiger partial charge in [-0.1, -0.05) is 12.1 Å². The maximum Gasteiger partial charge on any atom is 0.317 e. The van der Waals surface area contributed by atoms with Crippen LogP contribution in [0.15, 0.2) is 24.3 Å². The van der Waals surface area contributed by atoms with Gasteiger partial charge in [0.25, 0.3) is 0 Å². The highest BCUT2D eigenvalue weighted by Gasteiger charge is 2.32. The summed E-state index contributed by atoms with van der Waals surface area (Å²) < 4.78 is 44.8. The molecule has 0 radical (unpaired) electrons. The largest absolute Gasteiger partial charge is 0.379 e. The predicted molar refractivity (Wildman–Crippen MR) is 112 cm³/mol. The molecule has 1 N–H and O–H groups in total. The van der Waals surface area contributed by atoms with Crippen molar-refractivity contribution in [1.29, 1.82) is 0 Å². The summed E-state index contributed by atoms with van der Waals surface area (Å²) >= 11 is 0. The molecule has 1 aromatic rings. The Hall–Kier alpha value is -1.75. The highest BCUT2D eigenvalue weighted by Crippen LogP contribution is 2.19. The van der Waals surface area contributed by atoms with Crippen LogP contribution < -0.4 is 5.32 Å². The number of nitrogens with one attached hydrogen (secondary N) is 1. The molecule has 1 atom stereocenters. The minimum absolute atomic E-state index is 0.230. The maximum absolute atomic E-state index is 13.0. The molecule has 0 aromatic heterocycles. The molecule has 0 bridgehead atoms. The minimum Gasteiger partial charge on any atom is -0.379 e. The molecule has 1 aromatic carbocycles. The second-order valence-electron chi connectivity index (χ2n) is 7.85. The Kier molecular flexibility index (Phi) is 8.04. The van der Waals surface area contributed by atoms with Crippen molar-refractivity contribution in [2.24, 2.45) is 0 Å². The molecule has 168 valence electrons. The Morgan fingerprint density at radius 2 is 1.93 bits per heavy atom. The van der Waals surface area contributed by atoms with E-state index >= 15 is 0 Å². The van der Waals surface area contributed by atoms with E-state index in [1.54, 1.807) is 21.3 Å². The summed E-state index contributed by atoms with van der Waals surface area (Å²) in [5, 5.41) is 2.84. The van der Waals surface area contributed by atoms with E-state index < -0.39 is 10.0 Å². The Morgan fingerprint density at radius 1 is 1.23 bits per heavy atom. The van der Waals surface area contributed by atoms with E-state index in [-0.39, 0.29) is 17.9 Å². The summed E-state index contributed by atoms with van der Waals surface area (Å²) in [7, 11) is -3.39. The van der Waals surface area contributed by atoms with Crippen molar-refractivity contribution in [1.82, 2.24) is 19.4 Å². The lowest BCUT2D eigenvalue weighted by Crippen LogP contribution is -2.55. The van der Waals surface area contributed by atoms with E-state index in [1.807, 2.05) is 0 Å². The number of carbonyl (C=O) groups is 1. The van der Waals surface area contributed by atoms with Crippen LogP contribution in [0.5, 0.6) is 0 Å². The van der Waals surface area contributed by atoms with Crippen LogP contribution in [-0.4, -0.2) is 93.3 Å². The van der Waals surface area contributed by atoms with Gasteiger partial charge in [0, 0.05) is 51.9 Å². The molecule has 8 nitrogen and oxygen atoms in total. The average Bonchev–Trinajstić information content (AvgIpc) is 2.73. The first-order valence-electron chi connectivity index (χ1n) is 10.4. The monoisotopic (exact) mass is 442 g/mol. The van der Waals surface area contributed by atoms with Gasteiger partial charge in [-0.15, -0.1) is 0 Å². The molecule has 2 aliphatic rings. The molecule has 10 heteroatoms. The van der Waals surface area contributed by atoms with E-state index in [9.17, 15) is 17.6 Å². The molecule has 0 aliphatic carbocycles. The number of rotatable bonds is 7. The Balaban J connectivity index is 1.55. The van der Waals surface area contributed by atoms with Crippen molar-refractivity contribution in [3.05, 3.63) is 35.6 Å². The van der Waals surface area contributed by atoms with Crippen molar-refractivity contribution < 1.29 is 22.3 Å². The van der Waals surface area contributed by atoms with Crippen molar-refractivity contribution in [3.63, 3.8) is 0 Å². The summed E-state index contributed by atoms with van der Waals surface area (Å²) in [5.41, 5.74) is 0.807. The second-order valence-corrected chi connectivity index (χ2v) is 9.79. The molecule has 2 fully saturated rings. The number of hydrogen-bond acceptors (Lipinski definition) is 5. The summed E-state index contributed by atoms with van der Waals surface area (Å²) in [5.74, 6) is -0.318. The third-order valence-electron chi connectivity index (χ3n) is 5.61. The quantitative estimate of drug-likeness (QED) is 0.684. The lowest BCUT2D eigenvalue weighted by molar-refractivity contribution is 0.0342. The smallest absolute Gasteiger partial charge is 0.317 e. The zero-order valence-corrected chi connectivity index (χ0v) is 18.2. The van der Waals surface area contributed by atoms with Gasteiger partial charge in [0.05, 0.1) is 19.5 Å². The summed E-state index contributed by atoms with van der Waals surface area (Å²) in [6.07, 6.45) is 2.72. The molecule has 2 heterocycles. The number of urea groups is 1. The Labute approximate surface area is 178 Å². The number of nitrogens with zero attached hydrogens (tertiary/aromatic N) is 3. The normalized spacial score (nSPS) is 21.0. The number of carbonyl (C=O) groups excluding carboxylic acids is 1. The van der Waals surface area contributed by atoms with Gasteiger partial charge in [-0.3, -0.25) is 4.90 Å². The first-order valence-corrected chi connectivity index (χ1v) is 12.2. The molecule has 0 saturated carbocycles. The number of likely N-dealkylation sites (tertiary alicyclic amines) is 1. The van der Waals surface area contributed by atoms with E-state index in [0.29, 0.717) is 45.9 Å². The van der Waals surface area contributed by atoms with Gasteiger partial charge in [0.15, 0.2) is 0 Å². The van der Waals surface area contributed by atoms with Gasteiger partial charge in [-0.05, 0) is 30.5 Å². The molecule has 0 spiro atoms. The minimum atomic E-state index is -3.39. The van der Waals surface area contributed by atoms with Gasteiger partial charge < -0.3 is 15.0 Å². The van der Waals surface area contributed by atoms with Crippen LogP contribution in [0, 0.1) is 5.82 Å². The number of hydrogen-bond donors (Lipinski definition) is 1. The highest BCUT2D eigenvalue weighted by atomic mass is 32.2. The first-order chi connectivity index (χ1) is 14.3. The van der Waals surface area contributed by atoms with Crippen molar-refractivity contribution in [2.45, 2.75) is 25.4 Å². The fraction of sp³-hybridized carbons (Fsp3) is 0.650. The molecule has 2 aliphatic heterocycles.